The van der Waals surface area contributed by atoms with Gasteiger partial charge in [0.2, 0.25) is 0 Å². The van der Waals surface area contributed by atoms with Crippen LogP contribution in [0.15, 0.2) is 0 Å². The van der Waals surface area contributed by atoms with Crippen LogP contribution in [0.5, 0.6) is 0 Å². The van der Waals surface area contributed by atoms with Gasteiger partial charge in [-0.2, -0.15) is 0 Å². The van der Waals surface area contributed by atoms with Crippen LogP contribution < -0.4 is 0 Å². The van der Waals surface area contributed by atoms with E-state index in [4.69, 9.17) is 52.1 Å². The van der Waals surface area contributed by atoms with E-state index in [0.717, 1.165) is 6.54 Å². The first-order chi connectivity index (χ1) is 20.7. The summed E-state index contributed by atoms with van der Waals surface area (Å²) in [6, 6.07) is 0. The first-order valence-corrected chi connectivity index (χ1v) is 14.7. The molecule has 0 aliphatic carbocycles. The molecule has 252 valence electrons. The Morgan fingerprint density at radius 1 is 0.381 bits per heavy atom. The molecule has 0 N–H and O–H groups in total. The number of nitrogens with zero attached hydrogens (tertiary/aromatic N) is 1. The Hall–Kier alpha value is -1.01. The summed E-state index contributed by atoms with van der Waals surface area (Å²) in [5.74, 6) is -0.285. The third kappa shape index (κ3) is 37.0. The second-order valence-corrected chi connectivity index (χ2v) is 8.87. The van der Waals surface area contributed by atoms with E-state index >= 15 is 0 Å². The predicted octanol–water partition coefficient (Wildman–Crippen LogP) is 0.294. The van der Waals surface area contributed by atoms with Gasteiger partial charge in [0.25, 0.3) is 0 Å². The van der Waals surface area contributed by atoms with Gasteiger partial charge in [-0.1, -0.05) is 0 Å². The number of carbonyl (C=O) groups excluding carboxylic acids is 1. The Bertz CT molecular complexity index is 532. The molecule has 0 unspecified atom stereocenters. The fourth-order valence-electron chi connectivity index (χ4n) is 2.81. The first-order valence-electron chi connectivity index (χ1n) is 14.7. The van der Waals surface area contributed by atoms with Crippen LogP contribution in [-0.2, 0) is 61.6 Å². The van der Waals surface area contributed by atoms with Crippen molar-refractivity contribution < 1.29 is 61.6 Å². The Kier molecular flexibility index (Phi) is 35.3. The largest absolute Gasteiger partial charge is 0.469 e. The van der Waals surface area contributed by atoms with Crippen LogP contribution in [0.4, 0.5) is 0 Å². The van der Waals surface area contributed by atoms with Crippen LogP contribution in [0.2, 0.25) is 0 Å². The van der Waals surface area contributed by atoms with Crippen molar-refractivity contribution in [1.82, 2.24) is 4.90 Å². The van der Waals surface area contributed by atoms with Gasteiger partial charge in [0.15, 0.2) is 0 Å². The number of carbonyl (C=O) groups is 1. The molecule has 0 radical (unpaired) electrons. The molecule has 0 aromatic carbocycles. The van der Waals surface area contributed by atoms with Gasteiger partial charge in [-0.15, -0.1) is 0 Å². The molecule has 0 aliphatic rings. The molecule has 14 nitrogen and oxygen atoms in total. The van der Waals surface area contributed by atoms with E-state index in [-0.39, 0.29) is 12.4 Å². The van der Waals surface area contributed by atoms with Gasteiger partial charge in [-0.05, 0) is 14.1 Å². The average Bonchev–Trinajstić information content (AvgIpc) is 2.98. The van der Waals surface area contributed by atoms with Crippen molar-refractivity contribution in [3.8, 4) is 0 Å². The monoisotopic (exact) mass is 615 g/mol. The van der Waals surface area contributed by atoms with Crippen molar-refractivity contribution in [2.45, 2.75) is 6.42 Å². The average molecular weight is 616 g/mol. The van der Waals surface area contributed by atoms with Crippen molar-refractivity contribution >= 4 is 5.97 Å². The third-order valence-corrected chi connectivity index (χ3v) is 5.08. The first kappa shape index (κ1) is 41.0. The summed E-state index contributed by atoms with van der Waals surface area (Å²) >= 11 is 0. The van der Waals surface area contributed by atoms with Crippen molar-refractivity contribution in [2.24, 2.45) is 0 Å². The van der Waals surface area contributed by atoms with Crippen LogP contribution in [0.3, 0.4) is 0 Å². The summed E-state index contributed by atoms with van der Waals surface area (Å²) in [7, 11) is 5.39. The lowest BCUT2D eigenvalue weighted by Crippen LogP contribution is -2.19. The van der Waals surface area contributed by atoms with Crippen LogP contribution in [0.1, 0.15) is 6.42 Å². The van der Waals surface area contributed by atoms with Crippen LogP contribution in [0, 0.1) is 0 Å². The standard InChI is InChI=1S/C28H57NO13/c1-29(2)5-7-33-9-11-35-13-15-37-17-19-39-21-23-41-25-27-42-26-24-40-22-20-38-18-16-36-14-12-34-10-8-32-6-4-28(30)31-3/h4-27H2,1-3H3. The second-order valence-electron chi connectivity index (χ2n) is 8.87. The predicted molar refractivity (Wildman–Crippen MR) is 154 cm³/mol. The lowest BCUT2D eigenvalue weighted by molar-refractivity contribution is -0.141. The molecule has 0 aromatic heterocycles. The zero-order valence-electron chi connectivity index (χ0n) is 26.2. The molecule has 0 spiro atoms. The molecule has 0 saturated carbocycles. The maximum Gasteiger partial charge on any atom is 0.307 e. The molecule has 0 amide bonds. The summed E-state index contributed by atoms with van der Waals surface area (Å²) in [5.41, 5.74) is 0. The summed E-state index contributed by atoms with van der Waals surface area (Å²) in [4.78, 5) is 13.0. The topological polar surface area (TPSA) is 131 Å². The lowest BCUT2D eigenvalue weighted by atomic mass is 10.5. The number of methoxy groups -OCH3 is 1. The number of likely N-dealkylation sites (N-methyl/N-ethyl adjacent to an activating group) is 1. The smallest absolute Gasteiger partial charge is 0.307 e. The lowest BCUT2D eigenvalue weighted by Gasteiger charge is -2.10. The van der Waals surface area contributed by atoms with Crippen LogP contribution in [-0.4, -0.2) is 184 Å². The SMILES string of the molecule is COC(=O)CCOCCOCCOCCOCCOCCOCCOCCOCCOCCOCCOCCN(C)C. The Labute approximate surface area is 252 Å². The summed E-state index contributed by atoms with van der Waals surface area (Å²) in [5, 5.41) is 0. The minimum absolute atomic E-state index is 0.246. The molecule has 0 saturated heterocycles. The van der Waals surface area contributed by atoms with Gasteiger partial charge >= 0.3 is 5.97 Å². The van der Waals surface area contributed by atoms with Crippen LogP contribution in [0.25, 0.3) is 0 Å². The highest BCUT2D eigenvalue weighted by molar-refractivity contribution is 5.69. The number of esters is 1. The van der Waals surface area contributed by atoms with Crippen LogP contribution >= 0.6 is 0 Å². The quantitative estimate of drug-likeness (QED) is 0.0707. The molecule has 0 heterocycles. The van der Waals surface area contributed by atoms with Crippen molar-refractivity contribution in [2.75, 3.05) is 173 Å². The van der Waals surface area contributed by atoms with Gasteiger partial charge in [0.05, 0.1) is 159 Å². The van der Waals surface area contributed by atoms with E-state index in [9.17, 15) is 4.79 Å². The second kappa shape index (κ2) is 36.2. The Morgan fingerprint density at radius 3 is 0.810 bits per heavy atom. The normalized spacial score (nSPS) is 11.5. The number of ether oxygens (including phenoxy) is 12. The summed E-state index contributed by atoms with van der Waals surface area (Å²) in [6.07, 6.45) is 0.246. The molecule has 42 heavy (non-hydrogen) atoms. The van der Waals surface area contributed by atoms with E-state index in [0.29, 0.717) is 145 Å². The molecule has 0 aromatic rings. The van der Waals surface area contributed by atoms with Gasteiger partial charge in [-0.25, -0.2) is 0 Å². The van der Waals surface area contributed by atoms with Gasteiger partial charge in [-0.3, -0.25) is 4.79 Å². The fraction of sp³-hybridized carbons (Fsp3) is 0.964. The zero-order valence-corrected chi connectivity index (χ0v) is 26.2. The molecule has 14 heteroatoms. The van der Waals surface area contributed by atoms with Gasteiger partial charge in [0.1, 0.15) is 0 Å². The Morgan fingerprint density at radius 2 is 0.595 bits per heavy atom. The maximum atomic E-state index is 10.9. The minimum atomic E-state index is -0.285. The molecular weight excluding hydrogens is 558 g/mol. The summed E-state index contributed by atoms with van der Waals surface area (Å²) < 4.78 is 64.2. The highest BCUT2D eigenvalue weighted by atomic mass is 16.6. The number of hydrogen-bond donors (Lipinski definition) is 0. The van der Waals surface area contributed by atoms with Crippen molar-refractivity contribution in [3.63, 3.8) is 0 Å². The molecule has 0 atom stereocenters. The maximum absolute atomic E-state index is 10.9. The van der Waals surface area contributed by atoms with Gasteiger partial charge in [0, 0.05) is 6.54 Å². The molecule has 0 fully saturated rings. The minimum Gasteiger partial charge on any atom is -0.469 e. The molecular formula is C28H57NO13. The van der Waals surface area contributed by atoms with Crippen molar-refractivity contribution in [3.05, 3.63) is 0 Å². The van der Waals surface area contributed by atoms with Gasteiger partial charge < -0.3 is 61.7 Å². The van der Waals surface area contributed by atoms with E-state index in [1.807, 2.05) is 14.1 Å². The number of rotatable bonds is 36. The Balaban J connectivity index is 3.05. The van der Waals surface area contributed by atoms with E-state index in [1.54, 1.807) is 0 Å². The third-order valence-electron chi connectivity index (χ3n) is 5.08. The van der Waals surface area contributed by atoms with E-state index in [2.05, 4.69) is 9.64 Å². The molecule has 0 aliphatic heterocycles. The molecule has 0 rings (SSSR count). The van der Waals surface area contributed by atoms with Crippen molar-refractivity contribution in [1.29, 1.82) is 0 Å². The van der Waals surface area contributed by atoms with E-state index < -0.39 is 0 Å². The highest BCUT2D eigenvalue weighted by Gasteiger charge is 1.99. The number of hydrogen-bond acceptors (Lipinski definition) is 14. The molecule has 0 bridgehead atoms. The van der Waals surface area contributed by atoms with E-state index in [1.165, 1.54) is 7.11 Å². The zero-order chi connectivity index (χ0) is 30.6. The summed E-state index contributed by atoms with van der Waals surface area (Å²) in [6.45, 7) is 12.1. The fourth-order valence-corrected chi connectivity index (χ4v) is 2.81. The highest BCUT2D eigenvalue weighted by Crippen LogP contribution is 1.89.